The van der Waals surface area contributed by atoms with E-state index in [0.29, 0.717) is 26.3 Å². The highest BCUT2D eigenvalue weighted by Crippen LogP contribution is 2.06. The molecule has 0 radical (unpaired) electrons. The number of carbonyl (C=O) groups is 1. The van der Waals surface area contributed by atoms with Gasteiger partial charge in [0.1, 0.15) is 0 Å². The molecule has 19 heavy (non-hydrogen) atoms. The average molecular weight is 296 g/mol. The van der Waals surface area contributed by atoms with Crippen LogP contribution in [0.2, 0.25) is 0 Å². The summed E-state index contributed by atoms with van der Waals surface area (Å²) in [5, 5.41) is 19.9. The number of nitrogens with zero attached hydrogens (tertiary/aromatic N) is 1. The van der Waals surface area contributed by atoms with E-state index >= 15 is 0 Å². The first-order valence-corrected chi connectivity index (χ1v) is 7.68. The minimum atomic E-state index is -3.44. The zero-order valence-electron chi connectivity index (χ0n) is 10.6. The molecule has 9 heteroatoms. The Hall–Kier alpha value is -0.740. The smallest absolute Gasteiger partial charge is 0.221 e. The number of carbonyl (C=O) groups excluding carboxylic acids is 1. The van der Waals surface area contributed by atoms with Gasteiger partial charge in [-0.1, -0.05) is 0 Å². The van der Waals surface area contributed by atoms with Crippen molar-refractivity contribution >= 4 is 15.9 Å². The van der Waals surface area contributed by atoms with Gasteiger partial charge in [0.2, 0.25) is 15.9 Å². The predicted molar refractivity (Wildman–Crippen MR) is 66.9 cm³/mol. The summed E-state index contributed by atoms with van der Waals surface area (Å²) >= 11 is 0. The fraction of sp³-hybridized carbons (Fsp3) is 0.900. The van der Waals surface area contributed by atoms with Gasteiger partial charge in [0.25, 0.3) is 0 Å². The second-order valence-corrected chi connectivity index (χ2v) is 6.31. The normalized spacial score (nSPS) is 19.1. The predicted octanol–water partition coefficient (Wildman–Crippen LogP) is -2.49. The maximum atomic E-state index is 11.9. The summed E-state index contributed by atoms with van der Waals surface area (Å²) < 4.78 is 30.1. The van der Waals surface area contributed by atoms with Gasteiger partial charge in [0, 0.05) is 26.1 Å². The number of aliphatic hydroxyl groups excluding tert-OH is 2. The molecule has 0 bridgehead atoms. The van der Waals surface area contributed by atoms with Crippen molar-refractivity contribution in [2.45, 2.75) is 12.5 Å². The van der Waals surface area contributed by atoms with Crippen molar-refractivity contribution in [1.82, 2.24) is 9.62 Å². The Morgan fingerprint density at radius 3 is 2.58 bits per heavy atom. The van der Waals surface area contributed by atoms with Crippen molar-refractivity contribution < 1.29 is 28.2 Å². The van der Waals surface area contributed by atoms with Gasteiger partial charge in [-0.05, 0) is 0 Å². The van der Waals surface area contributed by atoms with Gasteiger partial charge in [-0.3, -0.25) is 4.79 Å². The molecular formula is C10H20N2O6S. The molecule has 8 nitrogen and oxygen atoms in total. The Bertz CT molecular complexity index is 379. The molecule has 0 aromatic carbocycles. The molecule has 1 saturated heterocycles. The van der Waals surface area contributed by atoms with Crippen molar-refractivity contribution in [3.05, 3.63) is 0 Å². The number of hydrogen-bond acceptors (Lipinski definition) is 6. The van der Waals surface area contributed by atoms with Crippen LogP contribution in [0.4, 0.5) is 0 Å². The molecule has 0 saturated carbocycles. The van der Waals surface area contributed by atoms with Gasteiger partial charge in [-0.2, -0.15) is 4.31 Å². The maximum Gasteiger partial charge on any atom is 0.221 e. The third-order valence-electron chi connectivity index (χ3n) is 2.70. The van der Waals surface area contributed by atoms with Crippen LogP contribution in [0.15, 0.2) is 0 Å². The molecule has 1 unspecified atom stereocenters. The largest absolute Gasteiger partial charge is 0.394 e. The molecule has 1 aliphatic heterocycles. The standard InChI is InChI=1S/C10H20N2O6S/c13-8-9(14)7-11-10(15)1-6-19(16,17)12-2-4-18-5-3-12/h9,13-14H,1-8H2,(H,11,15). The average Bonchev–Trinajstić information content (AvgIpc) is 2.43. The van der Waals surface area contributed by atoms with Crippen LogP contribution in [-0.2, 0) is 19.6 Å². The molecule has 0 aromatic rings. The molecular weight excluding hydrogens is 276 g/mol. The number of ether oxygens (including phenoxy) is 1. The second-order valence-electron chi connectivity index (χ2n) is 4.22. The Kier molecular flexibility index (Phi) is 6.66. The summed E-state index contributed by atoms with van der Waals surface area (Å²) in [7, 11) is -3.44. The first-order chi connectivity index (χ1) is 8.95. The van der Waals surface area contributed by atoms with Crippen LogP contribution < -0.4 is 5.32 Å². The highest BCUT2D eigenvalue weighted by Gasteiger charge is 2.24. The SMILES string of the molecule is O=C(CCS(=O)(=O)N1CCOCC1)NCC(O)CO. The molecule has 0 aliphatic carbocycles. The van der Waals surface area contributed by atoms with E-state index in [1.165, 1.54) is 4.31 Å². The van der Waals surface area contributed by atoms with E-state index in [4.69, 9.17) is 14.9 Å². The van der Waals surface area contributed by atoms with Gasteiger partial charge in [-0.25, -0.2) is 8.42 Å². The second kappa shape index (κ2) is 7.75. The lowest BCUT2D eigenvalue weighted by Crippen LogP contribution is -2.42. The number of morpholine rings is 1. The summed E-state index contributed by atoms with van der Waals surface area (Å²) in [5.74, 6) is -0.738. The van der Waals surface area contributed by atoms with E-state index in [-0.39, 0.29) is 18.7 Å². The van der Waals surface area contributed by atoms with Gasteiger partial charge in [0.05, 0.1) is 31.7 Å². The van der Waals surface area contributed by atoms with Crippen molar-refractivity contribution in [2.24, 2.45) is 0 Å². The fourth-order valence-corrected chi connectivity index (χ4v) is 2.97. The summed E-state index contributed by atoms with van der Waals surface area (Å²) in [6.07, 6.45) is -1.20. The highest BCUT2D eigenvalue weighted by atomic mass is 32.2. The van der Waals surface area contributed by atoms with Gasteiger partial charge in [0.15, 0.2) is 0 Å². The summed E-state index contributed by atoms with van der Waals surface area (Å²) in [4.78, 5) is 11.4. The van der Waals surface area contributed by atoms with Gasteiger partial charge < -0.3 is 20.3 Å². The topological polar surface area (TPSA) is 116 Å². The number of amides is 1. The minimum absolute atomic E-state index is 0.0903. The molecule has 1 rings (SSSR count). The highest BCUT2D eigenvalue weighted by molar-refractivity contribution is 7.89. The molecule has 112 valence electrons. The van der Waals surface area contributed by atoms with Gasteiger partial charge in [-0.15, -0.1) is 0 Å². The van der Waals surface area contributed by atoms with Crippen molar-refractivity contribution in [3.8, 4) is 0 Å². The summed E-state index contributed by atoms with van der Waals surface area (Å²) in [6.45, 7) is 0.821. The van der Waals surface area contributed by atoms with Gasteiger partial charge >= 0.3 is 0 Å². The van der Waals surface area contributed by atoms with Crippen LogP contribution in [0, 0.1) is 0 Å². The third kappa shape index (κ3) is 5.83. The van der Waals surface area contributed by atoms with E-state index in [0.717, 1.165) is 0 Å². The molecule has 1 amide bonds. The zero-order valence-corrected chi connectivity index (χ0v) is 11.4. The third-order valence-corrected chi connectivity index (χ3v) is 4.57. The molecule has 1 fully saturated rings. The minimum Gasteiger partial charge on any atom is -0.394 e. The van der Waals surface area contributed by atoms with E-state index < -0.39 is 28.6 Å². The Morgan fingerprint density at radius 1 is 1.37 bits per heavy atom. The van der Waals surface area contributed by atoms with Crippen LogP contribution >= 0.6 is 0 Å². The number of nitrogens with one attached hydrogen (secondary N) is 1. The molecule has 1 heterocycles. The molecule has 0 spiro atoms. The fourth-order valence-electron chi connectivity index (χ4n) is 1.56. The zero-order chi connectivity index (χ0) is 14.3. The maximum absolute atomic E-state index is 11.9. The van der Waals surface area contributed by atoms with E-state index in [1.807, 2.05) is 0 Å². The van der Waals surface area contributed by atoms with E-state index in [1.54, 1.807) is 0 Å². The lowest BCUT2D eigenvalue weighted by atomic mass is 10.3. The Morgan fingerprint density at radius 2 is 2.00 bits per heavy atom. The van der Waals surface area contributed by atoms with Crippen LogP contribution in [-0.4, -0.2) is 80.2 Å². The van der Waals surface area contributed by atoms with Crippen LogP contribution in [0.5, 0.6) is 0 Å². The number of rotatable bonds is 7. The molecule has 1 atom stereocenters. The van der Waals surface area contributed by atoms with E-state index in [2.05, 4.69) is 5.32 Å². The quantitative estimate of drug-likeness (QED) is 0.478. The lowest BCUT2D eigenvalue weighted by Gasteiger charge is -2.25. The first kappa shape index (κ1) is 16.3. The van der Waals surface area contributed by atoms with Crippen molar-refractivity contribution in [2.75, 3.05) is 45.2 Å². The molecule has 1 aliphatic rings. The number of aliphatic hydroxyl groups is 2. The van der Waals surface area contributed by atoms with Crippen molar-refractivity contribution in [3.63, 3.8) is 0 Å². The molecule has 0 aromatic heterocycles. The van der Waals surface area contributed by atoms with Crippen LogP contribution in [0.25, 0.3) is 0 Å². The van der Waals surface area contributed by atoms with Crippen LogP contribution in [0.1, 0.15) is 6.42 Å². The first-order valence-electron chi connectivity index (χ1n) is 6.07. The summed E-state index contributed by atoms with van der Waals surface area (Å²) in [6, 6.07) is 0. The number of sulfonamides is 1. The molecule has 3 N–H and O–H groups in total. The Labute approximate surface area is 112 Å². The Balaban J connectivity index is 2.32. The monoisotopic (exact) mass is 296 g/mol. The van der Waals surface area contributed by atoms with Crippen LogP contribution in [0.3, 0.4) is 0 Å². The van der Waals surface area contributed by atoms with E-state index in [9.17, 15) is 13.2 Å². The lowest BCUT2D eigenvalue weighted by molar-refractivity contribution is -0.121. The van der Waals surface area contributed by atoms with Crippen molar-refractivity contribution in [1.29, 1.82) is 0 Å². The number of hydrogen-bond donors (Lipinski definition) is 3. The summed E-state index contributed by atoms with van der Waals surface area (Å²) in [5.41, 5.74) is 0.